The zero-order chi connectivity index (χ0) is 28.7. The predicted molar refractivity (Wildman–Crippen MR) is 167 cm³/mol. The average molecular weight is 655 g/mol. The van der Waals surface area contributed by atoms with Crippen LogP contribution >= 0.6 is 72.9 Å². The van der Waals surface area contributed by atoms with E-state index in [9.17, 15) is 5.11 Å². The number of para-hydroxylation sites is 2. The molecule has 1 saturated heterocycles. The number of nitrogens with one attached hydrogen (secondary N) is 5. The number of ether oxygens (including phenoxy) is 3. The standard InChI is InChI=1S/C12H13N3O2S3.C9H10O2.C3H3N3S3/c16-8(6-17-9-4-2-1-3-5-9)7-20-12-14-10(18)13-11(19)15-12;1-2-4-8(5-3-1)10-6-9-7-11-9;7-1-4-2(8)6-3(9)5-1/h1-5,8,16H,6-7H2,(H2,13,14,15,18,19);1-5,9H,6-7H2;(H3,4,5,6,7,8,9). The van der Waals surface area contributed by atoms with Crippen LogP contribution in [-0.2, 0) is 4.74 Å². The summed E-state index contributed by atoms with van der Waals surface area (Å²) in [5.41, 5.74) is 0. The lowest BCUT2D eigenvalue weighted by molar-refractivity contribution is 0.126. The summed E-state index contributed by atoms with van der Waals surface area (Å²) in [6, 6.07) is 19.1. The second-order valence-electron chi connectivity index (χ2n) is 7.83. The van der Waals surface area contributed by atoms with E-state index in [1.54, 1.807) is 0 Å². The van der Waals surface area contributed by atoms with Gasteiger partial charge in [0.05, 0.1) is 12.7 Å². The van der Waals surface area contributed by atoms with E-state index in [0.717, 1.165) is 18.1 Å². The molecule has 0 radical (unpaired) electrons. The first kappa shape index (κ1) is 32.0. The Morgan fingerprint density at radius 3 is 1.80 bits per heavy atom. The van der Waals surface area contributed by atoms with Gasteiger partial charge in [-0.1, -0.05) is 48.2 Å². The van der Waals surface area contributed by atoms with Gasteiger partial charge in [-0.2, -0.15) is 4.98 Å². The molecule has 1 fully saturated rings. The molecule has 0 aliphatic carbocycles. The molecule has 212 valence electrons. The highest BCUT2D eigenvalue weighted by Gasteiger charge is 2.22. The highest BCUT2D eigenvalue weighted by Crippen LogP contribution is 2.15. The van der Waals surface area contributed by atoms with Gasteiger partial charge in [0.1, 0.15) is 30.8 Å². The summed E-state index contributed by atoms with van der Waals surface area (Å²) < 4.78 is 18.0. The summed E-state index contributed by atoms with van der Waals surface area (Å²) in [5, 5.41) is 10.4. The molecule has 2 aromatic heterocycles. The zero-order valence-electron chi connectivity index (χ0n) is 20.8. The van der Waals surface area contributed by atoms with Crippen LogP contribution in [0, 0.1) is 23.9 Å². The Hall–Kier alpha value is -2.57. The van der Waals surface area contributed by atoms with Gasteiger partial charge in [-0.3, -0.25) is 0 Å². The van der Waals surface area contributed by atoms with E-state index in [1.165, 1.54) is 11.8 Å². The van der Waals surface area contributed by atoms with Crippen LogP contribution < -0.4 is 9.47 Å². The lowest BCUT2D eigenvalue weighted by Gasteiger charge is -2.11. The monoisotopic (exact) mass is 654 g/mol. The van der Waals surface area contributed by atoms with Crippen molar-refractivity contribution < 1.29 is 19.3 Å². The fourth-order valence-corrected chi connectivity index (χ4v) is 4.80. The lowest BCUT2D eigenvalue weighted by atomic mass is 10.3. The second kappa shape index (κ2) is 17.3. The van der Waals surface area contributed by atoms with E-state index in [0.29, 0.717) is 47.5 Å². The largest absolute Gasteiger partial charge is 0.491 e. The van der Waals surface area contributed by atoms with Crippen LogP contribution in [0.25, 0.3) is 0 Å². The molecule has 2 unspecified atom stereocenters. The van der Waals surface area contributed by atoms with Crippen molar-refractivity contribution in [3.8, 4) is 11.5 Å². The van der Waals surface area contributed by atoms with Gasteiger partial charge >= 0.3 is 0 Å². The maximum Gasteiger partial charge on any atom is 0.201 e. The second-order valence-corrected chi connectivity index (χ2v) is 10.9. The van der Waals surface area contributed by atoms with Crippen molar-refractivity contribution in [3.05, 3.63) is 84.5 Å². The number of benzene rings is 2. The third-order valence-corrected chi connectivity index (χ3v) is 6.53. The molecular formula is C24H26N6O4S6. The van der Waals surface area contributed by atoms with E-state index in [-0.39, 0.29) is 6.61 Å². The summed E-state index contributed by atoms with van der Waals surface area (Å²) in [6.07, 6.45) is -0.267. The third kappa shape index (κ3) is 13.7. The van der Waals surface area contributed by atoms with Gasteiger partial charge < -0.3 is 44.2 Å². The lowest BCUT2D eigenvalue weighted by Crippen LogP contribution is -2.20. The van der Waals surface area contributed by atoms with Crippen molar-refractivity contribution in [1.29, 1.82) is 0 Å². The van der Waals surface area contributed by atoms with Crippen LogP contribution in [0.15, 0.2) is 65.8 Å². The number of aliphatic hydroxyl groups is 1. The number of hydrogen-bond acceptors (Lipinski definition) is 11. The maximum atomic E-state index is 9.86. The Kier molecular flexibility index (Phi) is 13.8. The Morgan fingerprint density at radius 1 is 0.800 bits per heavy atom. The maximum absolute atomic E-state index is 9.86. The molecular weight excluding hydrogens is 629 g/mol. The van der Waals surface area contributed by atoms with Crippen molar-refractivity contribution in [3.63, 3.8) is 0 Å². The highest BCUT2D eigenvalue weighted by molar-refractivity contribution is 7.99. The van der Waals surface area contributed by atoms with Gasteiger partial charge in [-0.05, 0) is 85.4 Å². The molecule has 2 aromatic carbocycles. The van der Waals surface area contributed by atoms with Gasteiger partial charge in [0.25, 0.3) is 0 Å². The number of nitrogens with zero attached hydrogens (tertiary/aromatic N) is 1. The summed E-state index contributed by atoms with van der Waals surface area (Å²) >= 11 is 25.4. The van der Waals surface area contributed by atoms with Gasteiger partial charge in [-0.25, -0.2) is 0 Å². The Morgan fingerprint density at radius 2 is 1.30 bits per heavy atom. The van der Waals surface area contributed by atoms with Crippen LogP contribution in [0.5, 0.6) is 11.5 Å². The molecule has 3 heterocycles. The van der Waals surface area contributed by atoms with Crippen LogP contribution in [0.2, 0.25) is 0 Å². The van der Waals surface area contributed by atoms with E-state index >= 15 is 0 Å². The molecule has 0 amide bonds. The summed E-state index contributed by atoms with van der Waals surface area (Å²) in [7, 11) is 0. The van der Waals surface area contributed by atoms with Crippen LogP contribution in [-0.4, -0.2) is 72.8 Å². The first-order chi connectivity index (χ1) is 19.3. The predicted octanol–water partition coefficient (Wildman–Crippen LogP) is 6.05. The first-order valence-electron chi connectivity index (χ1n) is 11.7. The molecule has 0 spiro atoms. The van der Waals surface area contributed by atoms with Crippen molar-refractivity contribution in [1.82, 2.24) is 29.9 Å². The molecule has 16 heteroatoms. The minimum Gasteiger partial charge on any atom is -0.491 e. The Labute approximate surface area is 259 Å². The molecule has 2 atom stereocenters. The molecule has 4 aromatic rings. The summed E-state index contributed by atoms with van der Waals surface area (Å²) in [5.74, 6) is 2.09. The molecule has 10 nitrogen and oxygen atoms in total. The molecule has 0 bridgehead atoms. The third-order valence-electron chi connectivity index (χ3n) is 4.50. The van der Waals surface area contributed by atoms with Crippen molar-refractivity contribution in [2.75, 3.05) is 25.6 Å². The van der Waals surface area contributed by atoms with Crippen molar-refractivity contribution in [2.24, 2.45) is 0 Å². The Balaban J connectivity index is 0.000000184. The molecule has 0 saturated carbocycles. The Bertz CT molecular complexity index is 1500. The normalized spacial score (nSPS) is 14.0. The van der Waals surface area contributed by atoms with E-state index in [1.807, 2.05) is 60.7 Å². The number of thioether (sulfide) groups is 1. The van der Waals surface area contributed by atoms with Crippen LogP contribution in [0.4, 0.5) is 0 Å². The summed E-state index contributed by atoms with van der Waals surface area (Å²) in [6.45, 7) is 1.76. The number of epoxide rings is 1. The number of aliphatic hydroxyl groups excluding tert-OH is 1. The van der Waals surface area contributed by atoms with Gasteiger partial charge in [-0.15, -0.1) is 0 Å². The van der Waals surface area contributed by atoms with Gasteiger partial charge in [0, 0.05) is 5.75 Å². The molecule has 1 aliphatic rings. The fraction of sp³-hybridized carbons (Fsp3) is 0.250. The van der Waals surface area contributed by atoms with Crippen molar-refractivity contribution in [2.45, 2.75) is 17.4 Å². The minimum atomic E-state index is -0.610. The summed E-state index contributed by atoms with van der Waals surface area (Å²) in [4.78, 5) is 17.6. The molecule has 1 aliphatic heterocycles. The van der Waals surface area contributed by atoms with Crippen molar-refractivity contribution >= 4 is 72.9 Å². The quantitative estimate of drug-likeness (QED) is 0.0713. The number of H-pyrrole nitrogens is 5. The number of aromatic amines is 5. The molecule has 6 N–H and O–H groups in total. The smallest absolute Gasteiger partial charge is 0.201 e. The van der Waals surface area contributed by atoms with E-state index in [4.69, 9.17) is 75.3 Å². The molecule has 5 rings (SSSR count). The average Bonchev–Trinajstić information content (AvgIpc) is 3.75. The van der Waals surface area contributed by atoms with E-state index in [2.05, 4.69) is 29.9 Å². The van der Waals surface area contributed by atoms with Gasteiger partial charge in [0.15, 0.2) is 24.2 Å². The van der Waals surface area contributed by atoms with E-state index < -0.39 is 6.10 Å². The first-order valence-corrected chi connectivity index (χ1v) is 14.7. The minimum absolute atomic E-state index is 0.220. The topological polar surface area (TPSA) is 143 Å². The number of rotatable bonds is 9. The van der Waals surface area contributed by atoms with Crippen LogP contribution in [0.1, 0.15) is 0 Å². The molecule has 40 heavy (non-hydrogen) atoms. The fourth-order valence-electron chi connectivity index (χ4n) is 2.65. The van der Waals surface area contributed by atoms with Gasteiger partial charge in [0.2, 0.25) is 4.77 Å². The SMILES string of the molecule is OC(COc1ccccc1)CSc1nc(=S)[nH]c(=S)[nH]1.S=c1[nH]c(=S)[nH]c(=S)[nH]1.c1ccc(OCC2CO2)cc1. The highest BCUT2D eigenvalue weighted by atomic mass is 32.2. The van der Waals surface area contributed by atoms with Crippen LogP contribution in [0.3, 0.4) is 0 Å². The number of hydrogen-bond donors (Lipinski definition) is 6. The number of aromatic nitrogens is 6. The zero-order valence-corrected chi connectivity index (χ0v) is 25.7.